The molecule has 1 atom stereocenters. The van der Waals surface area contributed by atoms with Crippen molar-refractivity contribution < 1.29 is 14.3 Å². The number of anilines is 1. The van der Waals surface area contributed by atoms with E-state index in [1.165, 1.54) is 0 Å². The van der Waals surface area contributed by atoms with E-state index in [9.17, 15) is 9.59 Å². The minimum atomic E-state index is -0.224. The summed E-state index contributed by atoms with van der Waals surface area (Å²) in [6.45, 7) is 5.81. The number of carbonyl (C=O) groups excluding carboxylic acids is 2. The van der Waals surface area contributed by atoms with Crippen molar-refractivity contribution >= 4 is 17.5 Å². The van der Waals surface area contributed by atoms with Gasteiger partial charge in [-0.15, -0.1) is 0 Å². The number of rotatable bonds is 5. The van der Waals surface area contributed by atoms with E-state index in [1.54, 1.807) is 0 Å². The van der Waals surface area contributed by atoms with Crippen LogP contribution in [0.3, 0.4) is 0 Å². The number of ether oxygens (including phenoxy) is 1. The molecular formula is C16H23N3O3. The van der Waals surface area contributed by atoms with Crippen molar-refractivity contribution in [2.75, 3.05) is 31.6 Å². The lowest BCUT2D eigenvalue weighted by molar-refractivity contribution is -0.125. The van der Waals surface area contributed by atoms with Gasteiger partial charge in [0, 0.05) is 24.7 Å². The molecule has 0 aromatic heterocycles. The largest absolute Gasteiger partial charge is 0.378 e. The molecule has 1 heterocycles. The van der Waals surface area contributed by atoms with Crippen LogP contribution < -0.4 is 16.0 Å². The second kappa shape index (κ2) is 7.91. The molecule has 1 aliphatic rings. The van der Waals surface area contributed by atoms with E-state index in [0.29, 0.717) is 19.6 Å². The van der Waals surface area contributed by atoms with Gasteiger partial charge in [-0.2, -0.15) is 0 Å². The lowest BCUT2D eigenvalue weighted by atomic mass is 10.1. The Balaban J connectivity index is 1.76. The van der Waals surface area contributed by atoms with Gasteiger partial charge in [-0.05, 0) is 25.0 Å². The van der Waals surface area contributed by atoms with Crippen LogP contribution in [0.15, 0.2) is 18.2 Å². The Labute approximate surface area is 130 Å². The molecule has 1 unspecified atom stereocenters. The summed E-state index contributed by atoms with van der Waals surface area (Å²) in [5, 5.41) is 8.69. The number of para-hydroxylation sites is 1. The van der Waals surface area contributed by atoms with Gasteiger partial charge < -0.3 is 20.7 Å². The first kappa shape index (κ1) is 16.5. The molecule has 1 aromatic carbocycles. The van der Waals surface area contributed by atoms with Crippen LogP contribution in [0.1, 0.15) is 17.5 Å². The number of carbonyl (C=O) groups is 2. The highest BCUT2D eigenvalue weighted by molar-refractivity contribution is 5.95. The fourth-order valence-corrected chi connectivity index (χ4v) is 2.42. The Morgan fingerprint density at radius 2 is 2.00 bits per heavy atom. The first-order valence-electron chi connectivity index (χ1n) is 7.50. The zero-order valence-electron chi connectivity index (χ0n) is 13.1. The highest BCUT2D eigenvalue weighted by atomic mass is 16.5. The number of benzene rings is 1. The molecule has 0 saturated carbocycles. The first-order valence-corrected chi connectivity index (χ1v) is 7.50. The summed E-state index contributed by atoms with van der Waals surface area (Å²) in [4.78, 5) is 23.8. The van der Waals surface area contributed by atoms with Gasteiger partial charge in [0.05, 0.1) is 19.8 Å². The molecule has 6 nitrogen and oxygen atoms in total. The molecule has 2 amide bonds. The third kappa shape index (κ3) is 4.82. The third-order valence-electron chi connectivity index (χ3n) is 3.62. The maximum absolute atomic E-state index is 11.9. The molecule has 3 N–H and O–H groups in total. The SMILES string of the molecule is Cc1cccc(C)c1NC(=O)CNC(=O)CC1COCCN1. The monoisotopic (exact) mass is 305 g/mol. The van der Waals surface area contributed by atoms with Crippen LogP contribution in [0.5, 0.6) is 0 Å². The van der Waals surface area contributed by atoms with Gasteiger partial charge >= 0.3 is 0 Å². The highest BCUT2D eigenvalue weighted by Gasteiger charge is 2.17. The minimum absolute atomic E-state index is 0.0235. The maximum atomic E-state index is 11.9. The van der Waals surface area contributed by atoms with Crippen molar-refractivity contribution in [2.24, 2.45) is 0 Å². The summed E-state index contributed by atoms with van der Waals surface area (Å²) in [6.07, 6.45) is 0.316. The number of aryl methyl sites for hydroxylation is 2. The van der Waals surface area contributed by atoms with Crippen LogP contribution in [-0.4, -0.2) is 44.2 Å². The average Bonchev–Trinajstić information content (AvgIpc) is 2.50. The van der Waals surface area contributed by atoms with E-state index < -0.39 is 0 Å². The van der Waals surface area contributed by atoms with Crippen molar-refractivity contribution in [3.8, 4) is 0 Å². The van der Waals surface area contributed by atoms with Gasteiger partial charge in [0.1, 0.15) is 0 Å². The molecule has 1 saturated heterocycles. The fourth-order valence-electron chi connectivity index (χ4n) is 2.42. The predicted molar refractivity (Wildman–Crippen MR) is 84.8 cm³/mol. The predicted octanol–water partition coefficient (Wildman–Crippen LogP) is 0.737. The van der Waals surface area contributed by atoms with E-state index in [4.69, 9.17) is 4.74 Å². The van der Waals surface area contributed by atoms with Gasteiger partial charge in [0.25, 0.3) is 0 Å². The Bertz CT molecular complexity index is 519. The van der Waals surface area contributed by atoms with Crippen molar-refractivity contribution in [1.29, 1.82) is 0 Å². The summed E-state index contributed by atoms with van der Waals surface area (Å²) in [6, 6.07) is 5.85. The first-order chi connectivity index (χ1) is 10.6. The molecule has 120 valence electrons. The normalized spacial score (nSPS) is 17.8. The molecular weight excluding hydrogens is 282 g/mol. The molecule has 1 fully saturated rings. The fraction of sp³-hybridized carbons (Fsp3) is 0.500. The zero-order valence-corrected chi connectivity index (χ0v) is 13.1. The second-order valence-electron chi connectivity index (χ2n) is 5.52. The van der Waals surface area contributed by atoms with Gasteiger partial charge in [0.2, 0.25) is 11.8 Å². The van der Waals surface area contributed by atoms with E-state index in [0.717, 1.165) is 23.4 Å². The van der Waals surface area contributed by atoms with E-state index >= 15 is 0 Å². The van der Waals surface area contributed by atoms with Crippen LogP contribution in [0, 0.1) is 13.8 Å². The molecule has 1 aliphatic heterocycles. The topological polar surface area (TPSA) is 79.5 Å². The third-order valence-corrected chi connectivity index (χ3v) is 3.62. The molecule has 0 aliphatic carbocycles. The van der Waals surface area contributed by atoms with E-state index in [1.807, 2.05) is 32.0 Å². The number of nitrogens with one attached hydrogen (secondary N) is 3. The van der Waals surface area contributed by atoms with Crippen molar-refractivity contribution in [3.63, 3.8) is 0 Å². The van der Waals surface area contributed by atoms with Crippen LogP contribution >= 0.6 is 0 Å². The zero-order chi connectivity index (χ0) is 15.9. The molecule has 6 heteroatoms. The average molecular weight is 305 g/mol. The maximum Gasteiger partial charge on any atom is 0.243 e. The number of morpholine rings is 1. The molecule has 0 spiro atoms. The minimum Gasteiger partial charge on any atom is -0.378 e. The summed E-state index contributed by atoms with van der Waals surface area (Å²) in [7, 11) is 0. The van der Waals surface area contributed by atoms with E-state index in [-0.39, 0.29) is 24.4 Å². The Morgan fingerprint density at radius 1 is 1.27 bits per heavy atom. The standard InChI is InChI=1S/C16H23N3O3/c1-11-4-3-5-12(2)16(11)19-15(21)9-18-14(20)8-13-10-22-7-6-17-13/h3-5,13,17H,6-10H2,1-2H3,(H,18,20)(H,19,21). The van der Waals surface area contributed by atoms with Gasteiger partial charge in [-0.3, -0.25) is 9.59 Å². The van der Waals surface area contributed by atoms with Crippen LogP contribution in [0.2, 0.25) is 0 Å². The molecule has 0 radical (unpaired) electrons. The van der Waals surface area contributed by atoms with Crippen molar-refractivity contribution in [1.82, 2.24) is 10.6 Å². The van der Waals surface area contributed by atoms with Crippen LogP contribution in [-0.2, 0) is 14.3 Å². The number of amides is 2. The molecule has 22 heavy (non-hydrogen) atoms. The highest BCUT2D eigenvalue weighted by Crippen LogP contribution is 2.18. The van der Waals surface area contributed by atoms with Crippen molar-refractivity contribution in [3.05, 3.63) is 29.3 Å². The van der Waals surface area contributed by atoms with Gasteiger partial charge in [-0.25, -0.2) is 0 Å². The quantitative estimate of drug-likeness (QED) is 0.749. The number of hydrogen-bond acceptors (Lipinski definition) is 4. The summed E-state index contributed by atoms with van der Waals surface area (Å²) >= 11 is 0. The summed E-state index contributed by atoms with van der Waals surface area (Å²) in [5.74, 6) is -0.377. The Morgan fingerprint density at radius 3 is 2.64 bits per heavy atom. The number of hydrogen-bond donors (Lipinski definition) is 3. The lowest BCUT2D eigenvalue weighted by Gasteiger charge is -2.23. The van der Waals surface area contributed by atoms with Crippen LogP contribution in [0.4, 0.5) is 5.69 Å². The van der Waals surface area contributed by atoms with E-state index in [2.05, 4.69) is 16.0 Å². The van der Waals surface area contributed by atoms with Crippen LogP contribution in [0.25, 0.3) is 0 Å². The van der Waals surface area contributed by atoms with Crippen molar-refractivity contribution in [2.45, 2.75) is 26.3 Å². The Hall–Kier alpha value is -1.92. The smallest absolute Gasteiger partial charge is 0.243 e. The second-order valence-corrected chi connectivity index (χ2v) is 5.52. The molecule has 2 rings (SSSR count). The van der Waals surface area contributed by atoms with Gasteiger partial charge in [-0.1, -0.05) is 18.2 Å². The lowest BCUT2D eigenvalue weighted by Crippen LogP contribution is -2.45. The van der Waals surface area contributed by atoms with Gasteiger partial charge in [0.15, 0.2) is 0 Å². The molecule has 0 bridgehead atoms. The molecule has 1 aromatic rings. The summed E-state index contributed by atoms with van der Waals surface area (Å²) < 4.78 is 5.29. The Kier molecular flexibility index (Phi) is 5.91. The summed E-state index contributed by atoms with van der Waals surface area (Å²) in [5.41, 5.74) is 2.82.